The van der Waals surface area contributed by atoms with Crippen molar-refractivity contribution in [3.8, 4) is 108 Å². The van der Waals surface area contributed by atoms with Gasteiger partial charge in [-0.05, 0) is 69.8 Å². The molecular formula is C53H33N9. The summed E-state index contributed by atoms with van der Waals surface area (Å²) < 4.78 is 0. The summed E-state index contributed by atoms with van der Waals surface area (Å²) >= 11 is 0. The fourth-order valence-electron chi connectivity index (χ4n) is 7.35. The minimum atomic E-state index is 0.498. The monoisotopic (exact) mass is 795 g/mol. The van der Waals surface area contributed by atoms with Crippen molar-refractivity contribution in [2.45, 2.75) is 0 Å². The quantitative estimate of drug-likeness (QED) is 0.140. The Balaban J connectivity index is 1.05. The predicted octanol–water partition coefficient (Wildman–Crippen LogP) is 11.7. The Bertz CT molecular complexity index is 2910. The van der Waals surface area contributed by atoms with Gasteiger partial charge in [-0.2, -0.15) is 5.26 Å². The summed E-state index contributed by atoms with van der Waals surface area (Å²) in [6.45, 7) is 0. The maximum atomic E-state index is 9.94. The van der Waals surface area contributed by atoms with Gasteiger partial charge in [-0.25, -0.2) is 29.9 Å². The van der Waals surface area contributed by atoms with Gasteiger partial charge < -0.3 is 0 Å². The van der Waals surface area contributed by atoms with Crippen LogP contribution in [0.1, 0.15) is 5.56 Å². The van der Waals surface area contributed by atoms with Crippen molar-refractivity contribution in [3.63, 3.8) is 0 Å². The number of aromatic nitrogens is 8. The molecule has 9 nitrogen and oxygen atoms in total. The van der Waals surface area contributed by atoms with Gasteiger partial charge >= 0.3 is 0 Å². The van der Waals surface area contributed by atoms with Gasteiger partial charge in [0.1, 0.15) is 11.4 Å². The lowest BCUT2D eigenvalue weighted by atomic mass is 9.87. The maximum Gasteiger partial charge on any atom is 0.182 e. The van der Waals surface area contributed by atoms with E-state index in [0.29, 0.717) is 51.9 Å². The van der Waals surface area contributed by atoms with Gasteiger partial charge in [0.15, 0.2) is 34.9 Å². The van der Waals surface area contributed by atoms with Gasteiger partial charge in [0, 0.05) is 34.6 Å². The minimum absolute atomic E-state index is 0.498. The highest BCUT2D eigenvalue weighted by molar-refractivity contribution is 5.95. The molecule has 0 N–H and O–H groups in total. The zero-order valence-electron chi connectivity index (χ0n) is 33.1. The largest absolute Gasteiger partial charge is 0.253 e. The third kappa shape index (κ3) is 7.71. The molecule has 0 aliphatic carbocycles. The van der Waals surface area contributed by atoms with Gasteiger partial charge in [0.2, 0.25) is 0 Å². The van der Waals surface area contributed by atoms with Crippen LogP contribution < -0.4 is 0 Å². The zero-order chi connectivity index (χ0) is 41.7. The number of nitrogens with zero attached hydrogens (tertiary/aromatic N) is 9. The van der Waals surface area contributed by atoms with Gasteiger partial charge in [-0.1, -0.05) is 152 Å². The first-order valence-electron chi connectivity index (χ1n) is 20.0. The highest BCUT2D eigenvalue weighted by Gasteiger charge is 2.18. The lowest BCUT2D eigenvalue weighted by molar-refractivity contribution is 1.06. The summed E-state index contributed by atoms with van der Waals surface area (Å²) in [5.41, 5.74) is 11.3. The highest BCUT2D eigenvalue weighted by atomic mass is 15.1. The van der Waals surface area contributed by atoms with Crippen LogP contribution in [-0.2, 0) is 0 Å². The Morgan fingerprint density at radius 3 is 1.10 bits per heavy atom. The SMILES string of the molecule is N#Cc1cccc(-c2c(-c3ccc(-c4nc(-c5ccccc5)nc(-c5ccccn5)n4)cc3)cccc2-c2ccc(-c3nc(-c4ccccc4)nc(-c4ccccn4)n3)cc2)c1. The molecule has 0 amide bonds. The average Bonchev–Trinajstić information content (AvgIpc) is 3.37. The van der Waals surface area contributed by atoms with Gasteiger partial charge in [-0.3, -0.25) is 9.97 Å². The summed E-state index contributed by atoms with van der Waals surface area (Å²) in [7, 11) is 0. The average molecular weight is 796 g/mol. The molecule has 0 fully saturated rings. The van der Waals surface area contributed by atoms with E-state index >= 15 is 0 Å². The second kappa shape index (κ2) is 16.8. The molecule has 0 bridgehead atoms. The summed E-state index contributed by atoms with van der Waals surface area (Å²) in [6.07, 6.45) is 3.47. The molecule has 0 aliphatic heterocycles. The zero-order valence-corrected chi connectivity index (χ0v) is 33.1. The minimum Gasteiger partial charge on any atom is -0.253 e. The van der Waals surface area contributed by atoms with Crippen molar-refractivity contribution >= 4 is 0 Å². The molecule has 10 rings (SSSR count). The number of benzene rings is 6. The van der Waals surface area contributed by atoms with E-state index in [1.165, 1.54) is 0 Å². The second-order valence-electron chi connectivity index (χ2n) is 14.3. The lowest BCUT2D eigenvalue weighted by Crippen LogP contribution is -2.01. The smallest absolute Gasteiger partial charge is 0.182 e. The Morgan fingerprint density at radius 1 is 0.306 bits per heavy atom. The lowest BCUT2D eigenvalue weighted by Gasteiger charge is -2.17. The molecule has 9 heteroatoms. The van der Waals surface area contributed by atoms with E-state index in [2.05, 4.69) is 64.6 Å². The standard InChI is InChI=1S/C53H33N9/c54-34-35-13-11-18-42(33-35)47-43(36-23-27-40(28-24-36)50-57-48(38-14-3-1-4-15-38)59-52(61-50)45-21-7-9-31-55-45)19-12-20-44(47)37-25-29-41(30-26-37)51-58-49(39-16-5-2-6-17-39)60-53(62-51)46-22-8-10-32-56-46/h1-33H. The van der Waals surface area contributed by atoms with Crippen LogP contribution in [0.4, 0.5) is 0 Å². The maximum absolute atomic E-state index is 9.94. The van der Waals surface area contributed by atoms with E-state index in [1.54, 1.807) is 12.4 Å². The summed E-state index contributed by atoms with van der Waals surface area (Å²) in [5, 5.41) is 9.94. The molecule has 4 aromatic heterocycles. The van der Waals surface area contributed by atoms with Crippen LogP contribution in [0.3, 0.4) is 0 Å². The van der Waals surface area contributed by atoms with E-state index in [9.17, 15) is 5.26 Å². The third-order valence-electron chi connectivity index (χ3n) is 10.4. The van der Waals surface area contributed by atoms with Crippen LogP contribution in [0.2, 0.25) is 0 Å². The van der Waals surface area contributed by atoms with Crippen molar-refractivity contribution in [3.05, 3.63) is 206 Å². The molecule has 62 heavy (non-hydrogen) atoms. The fraction of sp³-hybridized carbons (Fsp3) is 0. The van der Waals surface area contributed by atoms with Crippen LogP contribution >= 0.6 is 0 Å². The van der Waals surface area contributed by atoms with E-state index in [-0.39, 0.29) is 0 Å². The number of rotatable bonds is 9. The first-order valence-corrected chi connectivity index (χ1v) is 20.0. The second-order valence-corrected chi connectivity index (χ2v) is 14.3. The van der Waals surface area contributed by atoms with Crippen molar-refractivity contribution in [1.82, 2.24) is 39.9 Å². The fourth-order valence-corrected chi connectivity index (χ4v) is 7.35. The van der Waals surface area contributed by atoms with E-state index in [0.717, 1.165) is 55.6 Å². The molecule has 0 aliphatic rings. The van der Waals surface area contributed by atoms with E-state index < -0.39 is 0 Å². The third-order valence-corrected chi connectivity index (χ3v) is 10.4. The van der Waals surface area contributed by atoms with Crippen LogP contribution in [0.5, 0.6) is 0 Å². The Morgan fingerprint density at radius 2 is 0.677 bits per heavy atom. The van der Waals surface area contributed by atoms with Gasteiger partial charge in [0.05, 0.1) is 11.6 Å². The Labute approximate surface area is 357 Å². The number of pyridine rings is 2. The molecule has 10 aromatic rings. The molecule has 4 heterocycles. The first kappa shape index (κ1) is 37.4. The molecule has 0 saturated heterocycles. The number of nitriles is 1. The molecular weight excluding hydrogens is 763 g/mol. The first-order chi connectivity index (χ1) is 30.7. The van der Waals surface area contributed by atoms with Crippen molar-refractivity contribution in [1.29, 1.82) is 5.26 Å². The molecule has 290 valence electrons. The Kier molecular flexibility index (Phi) is 10.1. The van der Waals surface area contributed by atoms with Crippen LogP contribution in [0.15, 0.2) is 200 Å². The van der Waals surface area contributed by atoms with Crippen molar-refractivity contribution in [2.24, 2.45) is 0 Å². The number of hydrogen-bond donors (Lipinski definition) is 0. The Hall–Kier alpha value is -8.87. The van der Waals surface area contributed by atoms with E-state index in [4.69, 9.17) is 29.9 Å². The van der Waals surface area contributed by atoms with Crippen LogP contribution in [0, 0.1) is 11.3 Å². The summed E-state index contributed by atoms with van der Waals surface area (Å²) in [6, 6.07) is 64.0. The van der Waals surface area contributed by atoms with Crippen molar-refractivity contribution in [2.75, 3.05) is 0 Å². The molecule has 0 radical (unpaired) electrons. The van der Waals surface area contributed by atoms with Crippen molar-refractivity contribution < 1.29 is 0 Å². The predicted molar refractivity (Wildman–Crippen MR) is 242 cm³/mol. The summed E-state index contributed by atoms with van der Waals surface area (Å²) in [4.78, 5) is 38.2. The molecule has 0 unspecified atom stereocenters. The summed E-state index contributed by atoms with van der Waals surface area (Å²) in [5.74, 6) is 3.22. The molecule has 0 atom stereocenters. The van der Waals surface area contributed by atoms with E-state index in [1.807, 2.05) is 140 Å². The molecule has 6 aromatic carbocycles. The highest BCUT2D eigenvalue weighted by Crippen LogP contribution is 2.41. The topological polar surface area (TPSA) is 127 Å². The van der Waals surface area contributed by atoms with Crippen LogP contribution in [0.25, 0.3) is 102 Å². The molecule has 0 spiro atoms. The van der Waals surface area contributed by atoms with Gasteiger partial charge in [0.25, 0.3) is 0 Å². The normalized spacial score (nSPS) is 10.9. The number of hydrogen-bond acceptors (Lipinski definition) is 9. The van der Waals surface area contributed by atoms with Gasteiger partial charge in [-0.15, -0.1) is 0 Å². The van der Waals surface area contributed by atoms with Crippen LogP contribution in [-0.4, -0.2) is 39.9 Å². The molecule has 0 saturated carbocycles.